The molecule has 0 spiro atoms. The maximum Gasteiger partial charge on any atom is 0.252 e. The Hall–Kier alpha value is -2.92. The summed E-state index contributed by atoms with van der Waals surface area (Å²) in [5.41, 5.74) is 3.10. The Bertz CT molecular complexity index is 922. The molecule has 1 heterocycles. The smallest absolute Gasteiger partial charge is 0.252 e. The fourth-order valence-electron chi connectivity index (χ4n) is 2.94. The highest BCUT2D eigenvalue weighted by atomic mass is 16.5. The average Bonchev–Trinajstić information content (AvgIpc) is 2.71. The number of nitrogens with zero attached hydrogens (tertiary/aromatic N) is 1. The van der Waals surface area contributed by atoms with Gasteiger partial charge in [0.15, 0.2) is 0 Å². The van der Waals surface area contributed by atoms with E-state index in [1.807, 2.05) is 61.5 Å². The highest BCUT2D eigenvalue weighted by molar-refractivity contribution is 6.07. The molecule has 5 nitrogen and oxygen atoms in total. The van der Waals surface area contributed by atoms with Crippen LogP contribution in [-0.4, -0.2) is 37.8 Å². The molecule has 1 aromatic heterocycles. The van der Waals surface area contributed by atoms with E-state index in [0.29, 0.717) is 12.2 Å². The molecule has 0 fully saturated rings. The van der Waals surface area contributed by atoms with Gasteiger partial charge in [-0.25, -0.2) is 4.98 Å². The van der Waals surface area contributed by atoms with Gasteiger partial charge in [0.2, 0.25) is 0 Å². The summed E-state index contributed by atoms with van der Waals surface area (Å²) in [6.45, 7) is 2.58. The van der Waals surface area contributed by atoms with E-state index in [4.69, 9.17) is 14.5 Å². The second kappa shape index (κ2) is 8.64. The Morgan fingerprint density at radius 3 is 2.56 bits per heavy atom. The molecule has 140 valence electrons. The molecule has 0 aliphatic carbocycles. The Balaban J connectivity index is 1.98. The standard InChI is InChI=1S/C22H24N2O3/c1-15(12-13-26-2)23-22(25)19-14-21(16-8-10-17(27-3)11-9-16)24-20-7-5-4-6-18(19)20/h4-11,14-15H,12-13H2,1-3H3,(H,23,25). The van der Waals surface area contributed by atoms with E-state index in [2.05, 4.69) is 5.32 Å². The Kier molecular flexibility index (Phi) is 6.04. The lowest BCUT2D eigenvalue weighted by Crippen LogP contribution is -2.33. The van der Waals surface area contributed by atoms with Gasteiger partial charge >= 0.3 is 0 Å². The van der Waals surface area contributed by atoms with Gasteiger partial charge in [-0.1, -0.05) is 18.2 Å². The van der Waals surface area contributed by atoms with Gasteiger partial charge in [0.05, 0.1) is 23.9 Å². The molecule has 1 N–H and O–H groups in total. The Labute approximate surface area is 159 Å². The van der Waals surface area contributed by atoms with E-state index in [1.165, 1.54) is 0 Å². The second-order valence-corrected chi connectivity index (χ2v) is 6.46. The molecule has 3 rings (SSSR count). The summed E-state index contributed by atoms with van der Waals surface area (Å²) < 4.78 is 10.3. The maximum atomic E-state index is 12.9. The van der Waals surface area contributed by atoms with Crippen LogP contribution in [0.2, 0.25) is 0 Å². The minimum Gasteiger partial charge on any atom is -0.497 e. The topological polar surface area (TPSA) is 60.5 Å². The Morgan fingerprint density at radius 1 is 1.11 bits per heavy atom. The van der Waals surface area contributed by atoms with Gasteiger partial charge in [0.1, 0.15) is 5.75 Å². The number of ether oxygens (including phenoxy) is 2. The van der Waals surface area contributed by atoms with E-state index in [9.17, 15) is 4.79 Å². The minimum absolute atomic E-state index is 0.0220. The lowest BCUT2D eigenvalue weighted by Gasteiger charge is -2.15. The summed E-state index contributed by atoms with van der Waals surface area (Å²) in [6.07, 6.45) is 0.761. The van der Waals surface area contributed by atoms with Crippen LogP contribution in [0.25, 0.3) is 22.2 Å². The number of carbonyl (C=O) groups excluding carboxylic acids is 1. The van der Waals surface area contributed by atoms with Gasteiger partial charge in [-0.2, -0.15) is 0 Å². The van der Waals surface area contributed by atoms with E-state index in [-0.39, 0.29) is 11.9 Å². The number of hydrogen-bond acceptors (Lipinski definition) is 4. The number of para-hydroxylation sites is 1. The van der Waals surface area contributed by atoms with Crippen LogP contribution in [0.1, 0.15) is 23.7 Å². The van der Waals surface area contributed by atoms with Crippen molar-refractivity contribution >= 4 is 16.8 Å². The van der Waals surface area contributed by atoms with Crippen molar-refractivity contribution in [2.45, 2.75) is 19.4 Å². The zero-order valence-electron chi connectivity index (χ0n) is 15.9. The third-order valence-electron chi connectivity index (χ3n) is 4.48. The number of nitrogens with one attached hydrogen (secondary N) is 1. The number of fused-ring (bicyclic) bond motifs is 1. The molecule has 3 aromatic rings. The minimum atomic E-state index is -0.105. The van der Waals surface area contributed by atoms with Gasteiger partial charge in [0.25, 0.3) is 5.91 Å². The first-order valence-electron chi connectivity index (χ1n) is 8.96. The molecule has 1 unspecified atom stereocenters. The van der Waals surface area contributed by atoms with Gasteiger partial charge in [-0.15, -0.1) is 0 Å². The number of methoxy groups -OCH3 is 2. The quantitative estimate of drug-likeness (QED) is 0.687. The van der Waals surface area contributed by atoms with Crippen molar-refractivity contribution in [3.63, 3.8) is 0 Å². The summed E-state index contributed by atoms with van der Waals surface area (Å²) >= 11 is 0. The molecule has 0 saturated heterocycles. The first-order valence-corrected chi connectivity index (χ1v) is 8.96. The van der Waals surface area contributed by atoms with Crippen molar-refractivity contribution in [3.05, 3.63) is 60.2 Å². The zero-order valence-corrected chi connectivity index (χ0v) is 15.9. The van der Waals surface area contributed by atoms with Crippen LogP contribution in [0.4, 0.5) is 0 Å². The van der Waals surface area contributed by atoms with Gasteiger partial charge < -0.3 is 14.8 Å². The summed E-state index contributed by atoms with van der Waals surface area (Å²) in [5, 5.41) is 3.89. The van der Waals surface area contributed by atoms with Crippen LogP contribution in [0.15, 0.2) is 54.6 Å². The number of pyridine rings is 1. The van der Waals surface area contributed by atoms with Crippen molar-refractivity contribution in [3.8, 4) is 17.0 Å². The fourth-order valence-corrected chi connectivity index (χ4v) is 2.94. The van der Waals surface area contributed by atoms with Crippen LogP contribution in [0.3, 0.4) is 0 Å². The third-order valence-corrected chi connectivity index (χ3v) is 4.48. The van der Waals surface area contributed by atoms with Crippen LogP contribution in [0, 0.1) is 0 Å². The largest absolute Gasteiger partial charge is 0.497 e. The lowest BCUT2D eigenvalue weighted by molar-refractivity contribution is 0.0931. The molecule has 1 amide bonds. The molecule has 27 heavy (non-hydrogen) atoms. The highest BCUT2D eigenvalue weighted by Crippen LogP contribution is 2.26. The summed E-state index contributed by atoms with van der Waals surface area (Å²) in [4.78, 5) is 17.6. The molecule has 0 aliphatic heterocycles. The lowest BCUT2D eigenvalue weighted by atomic mass is 10.0. The fraction of sp³-hybridized carbons (Fsp3) is 0.273. The molecule has 1 atom stereocenters. The summed E-state index contributed by atoms with van der Waals surface area (Å²) in [6, 6.07) is 17.2. The van der Waals surface area contributed by atoms with Crippen molar-refractivity contribution in [2.75, 3.05) is 20.8 Å². The molecule has 0 bridgehead atoms. The number of amides is 1. The van der Waals surface area contributed by atoms with Crippen molar-refractivity contribution in [1.82, 2.24) is 10.3 Å². The number of rotatable bonds is 7. The predicted octanol–water partition coefficient (Wildman–Crippen LogP) is 4.07. The molecular weight excluding hydrogens is 340 g/mol. The van der Waals surface area contributed by atoms with E-state index in [1.54, 1.807) is 14.2 Å². The maximum absolute atomic E-state index is 12.9. The Morgan fingerprint density at radius 2 is 1.85 bits per heavy atom. The van der Waals surface area contributed by atoms with E-state index in [0.717, 1.165) is 34.3 Å². The van der Waals surface area contributed by atoms with Crippen LogP contribution >= 0.6 is 0 Å². The van der Waals surface area contributed by atoms with Gasteiger partial charge in [0, 0.05) is 30.7 Å². The second-order valence-electron chi connectivity index (χ2n) is 6.46. The number of aromatic nitrogens is 1. The van der Waals surface area contributed by atoms with E-state index < -0.39 is 0 Å². The molecular formula is C22H24N2O3. The molecule has 2 aromatic carbocycles. The van der Waals surface area contributed by atoms with Crippen LogP contribution in [0.5, 0.6) is 5.75 Å². The zero-order chi connectivity index (χ0) is 19.2. The van der Waals surface area contributed by atoms with Crippen LogP contribution in [-0.2, 0) is 4.74 Å². The molecule has 0 aliphatic rings. The highest BCUT2D eigenvalue weighted by Gasteiger charge is 2.15. The summed E-state index contributed by atoms with van der Waals surface area (Å²) in [5.74, 6) is 0.677. The predicted molar refractivity (Wildman–Crippen MR) is 107 cm³/mol. The molecule has 0 radical (unpaired) electrons. The summed E-state index contributed by atoms with van der Waals surface area (Å²) in [7, 11) is 3.29. The van der Waals surface area contributed by atoms with E-state index >= 15 is 0 Å². The molecule has 0 saturated carbocycles. The van der Waals surface area contributed by atoms with Crippen molar-refractivity contribution < 1.29 is 14.3 Å². The number of carbonyl (C=O) groups is 1. The third kappa shape index (κ3) is 4.44. The van der Waals surface area contributed by atoms with Crippen molar-refractivity contribution in [2.24, 2.45) is 0 Å². The number of benzene rings is 2. The first kappa shape index (κ1) is 18.9. The SMILES string of the molecule is COCCC(C)NC(=O)c1cc(-c2ccc(OC)cc2)nc2ccccc12. The average molecular weight is 364 g/mol. The molecule has 5 heteroatoms. The first-order chi connectivity index (χ1) is 13.1. The van der Waals surface area contributed by atoms with Gasteiger partial charge in [-0.3, -0.25) is 4.79 Å². The van der Waals surface area contributed by atoms with Crippen molar-refractivity contribution in [1.29, 1.82) is 0 Å². The normalized spacial score (nSPS) is 12.0. The van der Waals surface area contributed by atoms with Gasteiger partial charge in [-0.05, 0) is 49.7 Å². The monoisotopic (exact) mass is 364 g/mol. The van der Waals surface area contributed by atoms with Crippen LogP contribution < -0.4 is 10.1 Å². The number of hydrogen-bond donors (Lipinski definition) is 1.